The molecule has 0 heterocycles. The second-order valence-electron chi connectivity index (χ2n) is 4.56. The molecule has 0 aromatic heterocycles. The second kappa shape index (κ2) is 7.48. The third kappa shape index (κ3) is 4.00. The highest BCUT2D eigenvalue weighted by molar-refractivity contribution is 6.32. The van der Waals surface area contributed by atoms with Gasteiger partial charge in [0.25, 0.3) is 0 Å². The van der Waals surface area contributed by atoms with Gasteiger partial charge >= 0.3 is 5.97 Å². The molecule has 0 unspecified atom stereocenters. The Hall–Kier alpha value is -2.51. The zero-order valence-corrected chi connectivity index (χ0v) is 12.8. The standard InChI is InChI=1S/C17H14ClNO3/c1-21-15-10-13(11-19)9-14(18)17(15)22-16(20)8-7-12-5-3-2-4-6-12/h2-6,9-10H,7-8H2,1H3. The van der Waals surface area contributed by atoms with Crippen LogP contribution in [0.15, 0.2) is 42.5 Å². The first-order valence-electron chi connectivity index (χ1n) is 6.66. The molecule has 0 aliphatic heterocycles. The molecule has 2 aromatic carbocycles. The van der Waals surface area contributed by atoms with Crippen molar-refractivity contribution in [1.82, 2.24) is 0 Å². The lowest BCUT2D eigenvalue weighted by molar-refractivity contribution is -0.134. The molecule has 0 bridgehead atoms. The molecule has 0 aliphatic rings. The molecule has 0 saturated heterocycles. The van der Waals surface area contributed by atoms with E-state index < -0.39 is 5.97 Å². The van der Waals surface area contributed by atoms with E-state index in [1.165, 1.54) is 19.2 Å². The minimum Gasteiger partial charge on any atom is -0.493 e. The minimum atomic E-state index is -0.409. The van der Waals surface area contributed by atoms with Gasteiger partial charge in [0.1, 0.15) is 0 Å². The van der Waals surface area contributed by atoms with E-state index in [1.54, 1.807) is 0 Å². The first kappa shape index (κ1) is 15.9. The molecule has 0 saturated carbocycles. The van der Waals surface area contributed by atoms with Crippen LogP contribution in [0.5, 0.6) is 11.5 Å². The zero-order chi connectivity index (χ0) is 15.9. The van der Waals surface area contributed by atoms with E-state index in [9.17, 15) is 4.79 Å². The van der Waals surface area contributed by atoms with E-state index in [0.29, 0.717) is 12.0 Å². The second-order valence-corrected chi connectivity index (χ2v) is 4.97. The number of halogens is 1. The van der Waals surface area contributed by atoms with E-state index in [-0.39, 0.29) is 22.9 Å². The van der Waals surface area contributed by atoms with Crippen LogP contribution in [0.2, 0.25) is 5.02 Å². The number of ether oxygens (including phenoxy) is 2. The Morgan fingerprint density at radius 2 is 2.00 bits per heavy atom. The summed E-state index contributed by atoms with van der Waals surface area (Å²) in [6, 6.07) is 14.5. The predicted octanol–water partition coefficient (Wildman–Crippen LogP) is 3.76. The summed E-state index contributed by atoms with van der Waals surface area (Å²) in [4.78, 5) is 12.0. The molecule has 0 fully saturated rings. The number of esters is 1. The molecule has 4 nitrogen and oxygen atoms in total. The van der Waals surface area contributed by atoms with Crippen molar-refractivity contribution in [1.29, 1.82) is 5.26 Å². The van der Waals surface area contributed by atoms with Crippen LogP contribution in [-0.4, -0.2) is 13.1 Å². The van der Waals surface area contributed by atoms with Gasteiger partial charge in [-0.15, -0.1) is 0 Å². The highest BCUT2D eigenvalue weighted by atomic mass is 35.5. The Morgan fingerprint density at radius 1 is 1.27 bits per heavy atom. The van der Waals surface area contributed by atoms with E-state index in [1.807, 2.05) is 36.4 Å². The number of hydrogen-bond donors (Lipinski definition) is 0. The van der Waals surface area contributed by atoms with Crippen molar-refractivity contribution in [3.05, 3.63) is 58.6 Å². The van der Waals surface area contributed by atoms with Gasteiger partial charge < -0.3 is 9.47 Å². The molecule has 112 valence electrons. The first-order valence-corrected chi connectivity index (χ1v) is 7.04. The topological polar surface area (TPSA) is 59.3 Å². The predicted molar refractivity (Wildman–Crippen MR) is 83.1 cm³/mol. The smallest absolute Gasteiger partial charge is 0.311 e. The normalized spacial score (nSPS) is 9.86. The molecule has 2 aromatic rings. The molecule has 0 aliphatic carbocycles. The molecule has 0 N–H and O–H groups in total. The summed E-state index contributed by atoms with van der Waals surface area (Å²) in [5, 5.41) is 9.06. The first-order chi connectivity index (χ1) is 10.6. The van der Waals surface area contributed by atoms with Crippen molar-refractivity contribution in [2.24, 2.45) is 0 Å². The number of benzene rings is 2. The van der Waals surface area contributed by atoms with Crippen molar-refractivity contribution >= 4 is 17.6 Å². The van der Waals surface area contributed by atoms with Gasteiger partial charge in [-0.2, -0.15) is 5.26 Å². The van der Waals surface area contributed by atoms with Crippen LogP contribution in [0.4, 0.5) is 0 Å². The van der Waals surface area contributed by atoms with E-state index in [2.05, 4.69) is 0 Å². The van der Waals surface area contributed by atoms with Crippen LogP contribution in [0.25, 0.3) is 0 Å². The third-order valence-corrected chi connectivity index (χ3v) is 3.32. The van der Waals surface area contributed by atoms with Crippen LogP contribution in [-0.2, 0) is 11.2 Å². The number of rotatable bonds is 5. The third-order valence-electron chi connectivity index (χ3n) is 3.04. The Kier molecular flexibility index (Phi) is 5.40. The number of hydrogen-bond acceptors (Lipinski definition) is 4. The lowest BCUT2D eigenvalue weighted by Crippen LogP contribution is -2.10. The number of aryl methyl sites for hydroxylation is 1. The van der Waals surface area contributed by atoms with Gasteiger partial charge in [0.05, 0.1) is 23.8 Å². The molecule has 0 atom stereocenters. The molecule has 0 radical (unpaired) electrons. The molecular formula is C17H14ClNO3. The minimum absolute atomic E-state index is 0.140. The fraction of sp³-hybridized carbons (Fsp3) is 0.176. The summed E-state index contributed by atoms with van der Waals surface area (Å²) < 4.78 is 10.4. The van der Waals surface area contributed by atoms with Crippen molar-refractivity contribution in [2.75, 3.05) is 7.11 Å². The summed E-state index contributed by atoms with van der Waals surface area (Å²) in [6.45, 7) is 0. The van der Waals surface area contributed by atoms with Crippen LogP contribution in [0.3, 0.4) is 0 Å². The van der Waals surface area contributed by atoms with E-state index in [4.69, 9.17) is 26.3 Å². The monoisotopic (exact) mass is 315 g/mol. The van der Waals surface area contributed by atoms with E-state index >= 15 is 0 Å². The summed E-state index contributed by atoms with van der Waals surface area (Å²) in [5.41, 5.74) is 1.39. The van der Waals surface area contributed by atoms with E-state index in [0.717, 1.165) is 5.56 Å². The van der Waals surface area contributed by atoms with Gasteiger partial charge in [0.2, 0.25) is 0 Å². The quantitative estimate of drug-likeness (QED) is 0.622. The maximum absolute atomic E-state index is 12.0. The van der Waals surface area contributed by atoms with Crippen molar-refractivity contribution in [3.8, 4) is 17.6 Å². The zero-order valence-electron chi connectivity index (χ0n) is 12.0. The SMILES string of the molecule is COc1cc(C#N)cc(Cl)c1OC(=O)CCc1ccccc1. The Labute approximate surface area is 133 Å². The maximum Gasteiger partial charge on any atom is 0.311 e. The lowest BCUT2D eigenvalue weighted by atomic mass is 10.1. The fourth-order valence-corrected chi connectivity index (χ4v) is 2.19. The Morgan fingerprint density at radius 3 is 2.64 bits per heavy atom. The number of carbonyl (C=O) groups excluding carboxylic acids is 1. The van der Waals surface area contributed by atoms with Gasteiger partial charge in [-0.25, -0.2) is 0 Å². The number of nitriles is 1. The van der Waals surface area contributed by atoms with Crippen molar-refractivity contribution < 1.29 is 14.3 Å². The van der Waals surface area contributed by atoms with Gasteiger partial charge in [0, 0.05) is 12.5 Å². The van der Waals surface area contributed by atoms with Crippen LogP contribution in [0, 0.1) is 11.3 Å². The average Bonchev–Trinajstić information content (AvgIpc) is 2.55. The van der Waals surface area contributed by atoms with Crippen LogP contribution < -0.4 is 9.47 Å². The summed E-state index contributed by atoms with van der Waals surface area (Å²) in [5.74, 6) is -0.00731. The van der Waals surface area contributed by atoms with Gasteiger partial charge in [0.15, 0.2) is 11.5 Å². The maximum atomic E-state index is 12.0. The van der Waals surface area contributed by atoms with Crippen molar-refractivity contribution in [3.63, 3.8) is 0 Å². The van der Waals surface area contributed by atoms with Crippen LogP contribution >= 0.6 is 11.6 Å². The highest BCUT2D eigenvalue weighted by Gasteiger charge is 2.16. The number of nitrogens with zero attached hydrogens (tertiary/aromatic N) is 1. The molecule has 22 heavy (non-hydrogen) atoms. The molecule has 2 rings (SSSR count). The average molecular weight is 316 g/mol. The Bertz CT molecular complexity index is 708. The number of methoxy groups -OCH3 is 1. The summed E-state index contributed by atoms with van der Waals surface area (Å²) >= 11 is 6.04. The molecule has 0 amide bonds. The highest BCUT2D eigenvalue weighted by Crippen LogP contribution is 2.36. The van der Waals surface area contributed by atoms with Crippen molar-refractivity contribution in [2.45, 2.75) is 12.8 Å². The fourth-order valence-electron chi connectivity index (χ4n) is 1.94. The molecule has 5 heteroatoms. The van der Waals surface area contributed by atoms with Crippen LogP contribution in [0.1, 0.15) is 17.5 Å². The molecular weight excluding hydrogens is 302 g/mol. The van der Waals surface area contributed by atoms with Gasteiger partial charge in [-0.1, -0.05) is 41.9 Å². The molecule has 0 spiro atoms. The largest absolute Gasteiger partial charge is 0.493 e. The summed E-state index contributed by atoms with van der Waals surface area (Å²) in [6.07, 6.45) is 0.805. The Balaban J connectivity index is 2.07. The lowest BCUT2D eigenvalue weighted by Gasteiger charge is -2.11. The summed E-state index contributed by atoms with van der Waals surface area (Å²) in [7, 11) is 1.42. The van der Waals surface area contributed by atoms with Gasteiger partial charge in [-0.3, -0.25) is 4.79 Å². The number of carbonyl (C=O) groups is 1. The van der Waals surface area contributed by atoms with Gasteiger partial charge in [-0.05, 0) is 18.1 Å².